The molecule has 7 nitrogen and oxygen atoms in total. The molecule has 156 valence electrons. The summed E-state index contributed by atoms with van der Waals surface area (Å²) >= 11 is 1.44. The summed E-state index contributed by atoms with van der Waals surface area (Å²) < 4.78 is 25.1. The summed E-state index contributed by atoms with van der Waals surface area (Å²) in [6.45, 7) is 4.04. The van der Waals surface area contributed by atoms with Crippen molar-refractivity contribution in [3.8, 4) is 11.5 Å². The molecule has 3 rings (SSSR count). The van der Waals surface area contributed by atoms with E-state index in [2.05, 4.69) is 22.2 Å². The number of halogens is 1. The van der Waals surface area contributed by atoms with Crippen molar-refractivity contribution in [2.75, 3.05) is 19.5 Å². The zero-order chi connectivity index (χ0) is 21.5. The molecule has 0 bridgehead atoms. The molecule has 0 spiro atoms. The summed E-state index contributed by atoms with van der Waals surface area (Å²) in [6.07, 6.45) is 1.64. The molecule has 0 aliphatic rings. The van der Waals surface area contributed by atoms with Gasteiger partial charge in [-0.25, -0.2) is 9.07 Å². The van der Waals surface area contributed by atoms with Crippen LogP contribution in [0.3, 0.4) is 0 Å². The van der Waals surface area contributed by atoms with Crippen LogP contribution < -0.4 is 14.8 Å². The number of nitrogens with one attached hydrogen (secondary N) is 1. The second-order valence-electron chi connectivity index (χ2n) is 6.12. The number of carbonyl (C=O) groups is 1. The van der Waals surface area contributed by atoms with E-state index in [9.17, 15) is 9.18 Å². The minimum absolute atomic E-state index is 0.300. The highest BCUT2D eigenvalue weighted by atomic mass is 32.2. The molecule has 0 saturated heterocycles. The van der Waals surface area contributed by atoms with E-state index in [0.717, 1.165) is 4.90 Å². The number of hydrogen-bond donors (Lipinski definition) is 1. The first-order valence-electron chi connectivity index (χ1n) is 9.00. The van der Waals surface area contributed by atoms with Crippen molar-refractivity contribution in [1.29, 1.82) is 0 Å². The average Bonchev–Trinajstić information content (AvgIpc) is 3.16. The Morgan fingerprint density at radius 2 is 1.93 bits per heavy atom. The number of rotatable bonds is 9. The van der Waals surface area contributed by atoms with Crippen LogP contribution in [-0.4, -0.2) is 35.1 Å². The van der Waals surface area contributed by atoms with E-state index in [-0.39, 0.29) is 11.7 Å². The van der Waals surface area contributed by atoms with Gasteiger partial charge >= 0.3 is 0 Å². The van der Waals surface area contributed by atoms with Crippen LogP contribution >= 0.6 is 11.8 Å². The number of methoxy groups -OCH3 is 2. The van der Waals surface area contributed by atoms with Crippen LogP contribution in [-0.2, 0) is 12.3 Å². The normalized spacial score (nSPS) is 10.5. The van der Waals surface area contributed by atoms with E-state index < -0.39 is 0 Å². The van der Waals surface area contributed by atoms with Crippen LogP contribution in [0.2, 0.25) is 0 Å². The third-order valence-corrected chi connectivity index (χ3v) is 5.18. The molecule has 1 amide bonds. The zero-order valence-corrected chi connectivity index (χ0v) is 17.4. The van der Waals surface area contributed by atoms with Crippen molar-refractivity contribution < 1.29 is 18.7 Å². The molecule has 0 fully saturated rings. The molecular weight excluding hydrogens is 407 g/mol. The molecule has 9 heteroatoms. The van der Waals surface area contributed by atoms with Gasteiger partial charge in [-0.05, 0) is 36.4 Å². The number of benzene rings is 2. The van der Waals surface area contributed by atoms with Crippen molar-refractivity contribution >= 4 is 23.4 Å². The van der Waals surface area contributed by atoms with Crippen LogP contribution in [0, 0.1) is 5.82 Å². The van der Waals surface area contributed by atoms with E-state index in [0.29, 0.717) is 40.9 Å². The van der Waals surface area contributed by atoms with Crippen LogP contribution in [0.4, 0.5) is 10.1 Å². The SMILES string of the molecule is C=CCn1nnc(CSc2ccc(F)cc2)c1C(=O)Nc1ccc(OC)c(OC)c1. The van der Waals surface area contributed by atoms with Gasteiger partial charge in [0, 0.05) is 22.4 Å². The fourth-order valence-corrected chi connectivity index (χ4v) is 3.56. The van der Waals surface area contributed by atoms with Crippen molar-refractivity contribution in [2.24, 2.45) is 0 Å². The summed E-state index contributed by atoms with van der Waals surface area (Å²) in [4.78, 5) is 13.9. The largest absolute Gasteiger partial charge is 0.493 e. The molecule has 0 atom stereocenters. The van der Waals surface area contributed by atoms with Crippen molar-refractivity contribution in [3.63, 3.8) is 0 Å². The van der Waals surface area contributed by atoms with Crippen molar-refractivity contribution in [2.45, 2.75) is 17.2 Å². The van der Waals surface area contributed by atoms with Gasteiger partial charge < -0.3 is 14.8 Å². The molecule has 0 saturated carbocycles. The Kier molecular flexibility index (Phi) is 7.08. The van der Waals surface area contributed by atoms with Gasteiger partial charge in [0.25, 0.3) is 5.91 Å². The predicted octanol–water partition coefficient (Wildman–Crippen LogP) is 4.17. The number of aromatic nitrogens is 3. The molecular formula is C21H21FN4O3S. The van der Waals surface area contributed by atoms with Gasteiger partial charge in [0.15, 0.2) is 17.2 Å². The van der Waals surface area contributed by atoms with Gasteiger partial charge in [0.1, 0.15) is 11.5 Å². The highest BCUT2D eigenvalue weighted by Crippen LogP contribution is 2.30. The first kappa shape index (κ1) is 21.4. The van der Waals surface area contributed by atoms with Gasteiger partial charge in [-0.3, -0.25) is 4.79 Å². The Hall–Kier alpha value is -3.33. The zero-order valence-electron chi connectivity index (χ0n) is 16.6. The highest BCUT2D eigenvalue weighted by molar-refractivity contribution is 7.98. The van der Waals surface area contributed by atoms with E-state index in [4.69, 9.17) is 9.47 Å². The lowest BCUT2D eigenvalue weighted by Crippen LogP contribution is -2.19. The molecule has 0 aliphatic carbocycles. The Morgan fingerprint density at radius 3 is 2.60 bits per heavy atom. The number of hydrogen-bond acceptors (Lipinski definition) is 6. The molecule has 1 N–H and O–H groups in total. The Morgan fingerprint density at radius 1 is 1.20 bits per heavy atom. The number of amides is 1. The van der Waals surface area contributed by atoms with E-state index in [1.54, 1.807) is 43.5 Å². The fraction of sp³-hybridized carbons (Fsp3) is 0.190. The van der Waals surface area contributed by atoms with Gasteiger partial charge in [-0.15, -0.1) is 23.4 Å². The smallest absolute Gasteiger partial charge is 0.275 e. The lowest BCUT2D eigenvalue weighted by molar-refractivity contribution is 0.101. The predicted molar refractivity (Wildman–Crippen MR) is 114 cm³/mol. The monoisotopic (exact) mass is 428 g/mol. The van der Waals surface area contributed by atoms with Crippen molar-refractivity contribution in [3.05, 3.63) is 72.3 Å². The summed E-state index contributed by atoms with van der Waals surface area (Å²) in [5, 5.41) is 11.1. The standard InChI is InChI=1S/C21H21FN4O3S/c1-4-11-26-20(17(24-25-26)13-30-16-8-5-14(22)6-9-16)21(27)23-15-7-10-18(28-2)19(12-15)29-3/h4-10,12H,1,11,13H2,2-3H3,(H,23,27). The molecule has 1 aromatic heterocycles. The minimum Gasteiger partial charge on any atom is -0.493 e. The second-order valence-corrected chi connectivity index (χ2v) is 7.17. The van der Waals surface area contributed by atoms with Gasteiger partial charge in [-0.1, -0.05) is 11.3 Å². The molecule has 0 radical (unpaired) electrons. The third kappa shape index (κ3) is 4.98. The van der Waals surface area contributed by atoms with E-state index in [1.807, 2.05) is 0 Å². The van der Waals surface area contributed by atoms with Crippen LogP contribution in [0.5, 0.6) is 11.5 Å². The summed E-state index contributed by atoms with van der Waals surface area (Å²) in [6, 6.07) is 11.2. The molecule has 0 aliphatic heterocycles. The first-order chi connectivity index (χ1) is 14.5. The Labute approximate surface area is 177 Å². The number of nitrogens with zero attached hydrogens (tertiary/aromatic N) is 3. The summed E-state index contributed by atoms with van der Waals surface area (Å²) in [5.74, 6) is 0.803. The number of allylic oxidation sites excluding steroid dienone is 1. The first-order valence-corrected chi connectivity index (χ1v) is 9.99. The maximum absolute atomic E-state index is 13.1. The summed E-state index contributed by atoms with van der Waals surface area (Å²) in [7, 11) is 3.07. The Bertz CT molecular complexity index is 1040. The topological polar surface area (TPSA) is 78.3 Å². The van der Waals surface area contributed by atoms with Crippen LogP contribution in [0.25, 0.3) is 0 Å². The van der Waals surface area contributed by atoms with E-state index >= 15 is 0 Å². The van der Waals surface area contributed by atoms with E-state index in [1.165, 1.54) is 35.7 Å². The maximum Gasteiger partial charge on any atom is 0.275 e. The minimum atomic E-state index is -0.358. The second kappa shape index (κ2) is 9.93. The van der Waals surface area contributed by atoms with Crippen LogP contribution in [0.15, 0.2) is 60.0 Å². The molecule has 3 aromatic rings. The fourth-order valence-electron chi connectivity index (χ4n) is 2.73. The molecule has 2 aromatic carbocycles. The van der Waals surface area contributed by atoms with Gasteiger partial charge in [0.05, 0.1) is 20.8 Å². The summed E-state index contributed by atoms with van der Waals surface area (Å²) in [5.41, 5.74) is 1.39. The lowest BCUT2D eigenvalue weighted by Gasteiger charge is -2.11. The number of ether oxygens (including phenoxy) is 2. The number of anilines is 1. The quantitative estimate of drug-likeness (QED) is 0.407. The lowest BCUT2D eigenvalue weighted by atomic mass is 10.2. The number of carbonyl (C=O) groups excluding carboxylic acids is 1. The maximum atomic E-state index is 13.1. The third-order valence-electron chi connectivity index (χ3n) is 4.15. The Balaban J connectivity index is 1.82. The molecule has 0 unspecified atom stereocenters. The van der Waals surface area contributed by atoms with Gasteiger partial charge in [-0.2, -0.15) is 0 Å². The van der Waals surface area contributed by atoms with Crippen molar-refractivity contribution in [1.82, 2.24) is 15.0 Å². The molecule has 30 heavy (non-hydrogen) atoms. The van der Waals surface area contributed by atoms with Crippen LogP contribution in [0.1, 0.15) is 16.2 Å². The molecule has 1 heterocycles. The van der Waals surface area contributed by atoms with Gasteiger partial charge in [0.2, 0.25) is 0 Å². The average molecular weight is 428 g/mol. The highest BCUT2D eigenvalue weighted by Gasteiger charge is 2.21. The number of thioether (sulfide) groups is 1.